The minimum Gasteiger partial charge on any atom is -0.397 e. The molecule has 1 saturated heterocycles. The van der Waals surface area contributed by atoms with Crippen LogP contribution < -0.4 is 5.73 Å². The van der Waals surface area contributed by atoms with Gasteiger partial charge in [-0.1, -0.05) is 17.7 Å². The first-order chi connectivity index (χ1) is 10.00. The molecule has 1 aromatic heterocycles. The number of sulfonamides is 1. The van der Waals surface area contributed by atoms with Crippen molar-refractivity contribution in [3.05, 3.63) is 45.6 Å². The Morgan fingerprint density at radius 1 is 1.33 bits per heavy atom. The van der Waals surface area contributed by atoms with E-state index < -0.39 is 10.0 Å². The molecular formula is C14H15ClN2O2S2. The fraction of sp³-hybridized carbons (Fsp3) is 0.286. The van der Waals surface area contributed by atoms with Gasteiger partial charge in [0.05, 0.1) is 21.6 Å². The molecule has 1 atom stereocenters. The standard InChI is InChI=1S/C14H15ClN2O2S2/c15-11-6-5-10(9-12(11)16)21(18,19)17-7-1-3-13(17)14-4-2-8-20-14/h2,4-6,8-9,13H,1,3,7,16H2. The van der Waals surface area contributed by atoms with Crippen molar-refractivity contribution in [2.24, 2.45) is 0 Å². The van der Waals surface area contributed by atoms with Crippen LogP contribution in [0.2, 0.25) is 5.02 Å². The minimum atomic E-state index is -3.55. The zero-order valence-corrected chi connectivity index (χ0v) is 13.6. The predicted molar refractivity (Wildman–Crippen MR) is 86.1 cm³/mol. The highest BCUT2D eigenvalue weighted by Crippen LogP contribution is 2.38. The van der Waals surface area contributed by atoms with Gasteiger partial charge in [0.25, 0.3) is 0 Å². The molecule has 2 heterocycles. The molecule has 4 nitrogen and oxygen atoms in total. The molecule has 1 aliphatic rings. The highest BCUT2D eigenvalue weighted by molar-refractivity contribution is 7.89. The average molecular weight is 343 g/mol. The molecular weight excluding hydrogens is 328 g/mol. The predicted octanol–water partition coefficient (Wildman–Crippen LogP) is 3.51. The van der Waals surface area contributed by atoms with E-state index in [1.54, 1.807) is 15.6 Å². The normalized spacial score (nSPS) is 20.0. The summed E-state index contributed by atoms with van der Waals surface area (Å²) >= 11 is 7.46. The summed E-state index contributed by atoms with van der Waals surface area (Å²) < 4.78 is 27.2. The van der Waals surface area contributed by atoms with Crippen LogP contribution in [0.25, 0.3) is 0 Å². The van der Waals surface area contributed by atoms with Crippen molar-refractivity contribution in [1.82, 2.24) is 4.31 Å². The largest absolute Gasteiger partial charge is 0.397 e. The lowest BCUT2D eigenvalue weighted by Gasteiger charge is -2.23. The first-order valence-electron chi connectivity index (χ1n) is 6.60. The number of benzene rings is 1. The SMILES string of the molecule is Nc1cc(S(=O)(=O)N2CCCC2c2cccs2)ccc1Cl. The van der Waals surface area contributed by atoms with Gasteiger partial charge in [-0.05, 0) is 42.5 Å². The topological polar surface area (TPSA) is 63.4 Å². The van der Waals surface area contributed by atoms with Crippen LogP contribution in [0.4, 0.5) is 5.69 Å². The molecule has 7 heteroatoms. The summed E-state index contributed by atoms with van der Waals surface area (Å²) in [6.45, 7) is 0.535. The highest BCUT2D eigenvalue weighted by atomic mass is 35.5. The fourth-order valence-corrected chi connectivity index (χ4v) is 5.38. The molecule has 21 heavy (non-hydrogen) atoms. The molecule has 1 fully saturated rings. The molecule has 112 valence electrons. The number of anilines is 1. The van der Waals surface area contributed by atoms with Gasteiger partial charge >= 0.3 is 0 Å². The van der Waals surface area contributed by atoms with E-state index in [9.17, 15) is 8.42 Å². The second-order valence-corrected chi connectivity index (χ2v) is 8.25. The molecule has 1 aliphatic heterocycles. The van der Waals surface area contributed by atoms with Gasteiger partial charge in [-0.2, -0.15) is 4.31 Å². The smallest absolute Gasteiger partial charge is 0.243 e. The third kappa shape index (κ3) is 2.68. The summed E-state index contributed by atoms with van der Waals surface area (Å²) in [7, 11) is -3.55. The van der Waals surface area contributed by atoms with E-state index >= 15 is 0 Å². The molecule has 1 aromatic carbocycles. The van der Waals surface area contributed by atoms with Gasteiger partial charge in [0, 0.05) is 11.4 Å². The van der Waals surface area contributed by atoms with E-state index in [2.05, 4.69) is 0 Å². The van der Waals surface area contributed by atoms with Gasteiger partial charge in [-0.3, -0.25) is 0 Å². The first kappa shape index (κ1) is 14.8. The monoisotopic (exact) mass is 342 g/mol. The van der Waals surface area contributed by atoms with Crippen LogP contribution >= 0.6 is 22.9 Å². The molecule has 0 spiro atoms. The molecule has 2 aromatic rings. The van der Waals surface area contributed by atoms with Crippen molar-refractivity contribution in [3.63, 3.8) is 0 Å². The number of rotatable bonds is 3. The highest BCUT2D eigenvalue weighted by Gasteiger charge is 2.36. The lowest BCUT2D eigenvalue weighted by atomic mass is 10.2. The fourth-order valence-electron chi connectivity index (χ4n) is 2.61. The Bertz CT molecular complexity index is 744. The van der Waals surface area contributed by atoms with Gasteiger partial charge in [-0.15, -0.1) is 11.3 Å². The lowest BCUT2D eigenvalue weighted by Crippen LogP contribution is -2.30. The zero-order chi connectivity index (χ0) is 15.0. The van der Waals surface area contributed by atoms with Crippen molar-refractivity contribution < 1.29 is 8.42 Å². The number of hydrogen-bond acceptors (Lipinski definition) is 4. The molecule has 1 unspecified atom stereocenters. The Balaban J connectivity index is 1.99. The molecule has 0 saturated carbocycles. The van der Waals surface area contributed by atoms with E-state index in [0.29, 0.717) is 11.6 Å². The molecule has 0 amide bonds. The van der Waals surface area contributed by atoms with E-state index in [0.717, 1.165) is 17.7 Å². The van der Waals surface area contributed by atoms with Crippen LogP contribution in [0.3, 0.4) is 0 Å². The number of nitrogen functional groups attached to an aromatic ring is 1. The van der Waals surface area contributed by atoms with E-state index in [1.807, 2.05) is 17.5 Å². The van der Waals surface area contributed by atoms with Gasteiger partial charge in [0.2, 0.25) is 10.0 Å². The first-order valence-corrected chi connectivity index (χ1v) is 9.30. The third-order valence-electron chi connectivity index (χ3n) is 3.65. The van der Waals surface area contributed by atoms with Crippen molar-refractivity contribution >= 4 is 38.6 Å². The van der Waals surface area contributed by atoms with Crippen LogP contribution in [0.5, 0.6) is 0 Å². The van der Waals surface area contributed by atoms with E-state index in [-0.39, 0.29) is 16.6 Å². The quantitative estimate of drug-likeness (QED) is 0.868. The Morgan fingerprint density at radius 3 is 2.81 bits per heavy atom. The van der Waals surface area contributed by atoms with Crippen molar-refractivity contribution in [2.75, 3.05) is 12.3 Å². The zero-order valence-electron chi connectivity index (χ0n) is 11.2. The van der Waals surface area contributed by atoms with Crippen LogP contribution in [0.15, 0.2) is 40.6 Å². The van der Waals surface area contributed by atoms with Crippen molar-refractivity contribution in [3.8, 4) is 0 Å². The average Bonchev–Trinajstić information content (AvgIpc) is 3.11. The maximum absolute atomic E-state index is 12.8. The third-order valence-corrected chi connectivity index (χ3v) is 6.87. The van der Waals surface area contributed by atoms with E-state index in [4.69, 9.17) is 17.3 Å². The number of thiophene rings is 1. The molecule has 0 aliphatic carbocycles. The lowest BCUT2D eigenvalue weighted by molar-refractivity contribution is 0.401. The summed E-state index contributed by atoms with van der Waals surface area (Å²) in [6, 6.07) is 8.33. The van der Waals surface area contributed by atoms with Gasteiger partial charge in [0.15, 0.2) is 0 Å². The van der Waals surface area contributed by atoms with Gasteiger partial charge in [-0.25, -0.2) is 8.42 Å². The van der Waals surface area contributed by atoms with Crippen LogP contribution in [-0.2, 0) is 10.0 Å². The Labute approximate surface area is 133 Å². The second-order valence-electron chi connectivity index (χ2n) is 4.97. The van der Waals surface area contributed by atoms with Gasteiger partial charge < -0.3 is 5.73 Å². The van der Waals surface area contributed by atoms with Crippen LogP contribution in [-0.4, -0.2) is 19.3 Å². The second kappa shape index (κ2) is 5.61. The summed E-state index contributed by atoms with van der Waals surface area (Å²) in [6.07, 6.45) is 1.72. The Morgan fingerprint density at radius 2 is 2.14 bits per heavy atom. The van der Waals surface area contributed by atoms with Crippen LogP contribution in [0, 0.1) is 0 Å². The minimum absolute atomic E-state index is 0.0769. The molecule has 3 rings (SSSR count). The van der Waals surface area contributed by atoms with E-state index in [1.165, 1.54) is 18.2 Å². The van der Waals surface area contributed by atoms with Crippen molar-refractivity contribution in [2.45, 2.75) is 23.8 Å². The Hall–Kier alpha value is -1.08. The number of nitrogens with zero attached hydrogens (tertiary/aromatic N) is 1. The number of halogens is 1. The molecule has 2 N–H and O–H groups in total. The van der Waals surface area contributed by atoms with Gasteiger partial charge in [0.1, 0.15) is 0 Å². The summed E-state index contributed by atoms with van der Waals surface area (Å²) in [5.41, 5.74) is 6.01. The van der Waals surface area contributed by atoms with Crippen LogP contribution in [0.1, 0.15) is 23.8 Å². The maximum atomic E-state index is 12.8. The Kier molecular flexibility index (Phi) is 3.96. The number of nitrogens with two attached hydrogens (primary N) is 1. The summed E-state index contributed by atoms with van der Waals surface area (Å²) in [4.78, 5) is 1.28. The molecule has 0 bridgehead atoms. The maximum Gasteiger partial charge on any atom is 0.243 e. The number of hydrogen-bond donors (Lipinski definition) is 1. The molecule has 0 radical (unpaired) electrons. The van der Waals surface area contributed by atoms with Crippen molar-refractivity contribution in [1.29, 1.82) is 0 Å². The summed E-state index contributed by atoms with van der Waals surface area (Å²) in [5.74, 6) is 0. The summed E-state index contributed by atoms with van der Waals surface area (Å²) in [5, 5.41) is 2.34.